The Labute approximate surface area is 127 Å². The molecule has 1 aliphatic rings. The number of hydrogen-bond acceptors (Lipinski definition) is 2. The van der Waals surface area contributed by atoms with Gasteiger partial charge in [0.25, 0.3) is 0 Å². The Morgan fingerprint density at radius 2 is 1.85 bits per heavy atom. The number of aliphatic hydroxyl groups is 1. The van der Waals surface area contributed by atoms with Crippen LogP contribution in [0, 0.1) is 5.41 Å². The molecule has 1 aromatic rings. The Morgan fingerprint density at radius 1 is 1.25 bits per heavy atom. The van der Waals surface area contributed by atoms with Gasteiger partial charge in [0.15, 0.2) is 0 Å². The van der Waals surface area contributed by atoms with Crippen molar-refractivity contribution in [3.63, 3.8) is 0 Å². The SMILES string of the molecule is CC(C)(C)CC(O)CNC1CC(c2ccc(Cl)cc2)C1. The van der Waals surface area contributed by atoms with E-state index in [0.717, 1.165) is 24.3 Å². The maximum atomic E-state index is 9.99. The molecule has 0 spiro atoms. The molecule has 0 aromatic heterocycles. The van der Waals surface area contributed by atoms with Crippen LogP contribution in [-0.4, -0.2) is 23.8 Å². The highest BCUT2D eigenvalue weighted by Crippen LogP contribution is 2.37. The van der Waals surface area contributed by atoms with Gasteiger partial charge in [-0.2, -0.15) is 0 Å². The monoisotopic (exact) mass is 295 g/mol. The Kier molecular flexibility index (Phi) is 5.11. The zero-order valence-corrected chi connectivity index (χ0v) is 13.5. The second kappa shape index (κ2) is 6.46. The van der Waals surface area contributed by atoms with E-state index < -0.39 is 0 Å². The molecule has 0 heterocycles. The van der Waals surface area contributed by atoms with Crippen molar-refractivity contribution in [2.24, 2.45) is 5.41 Å². The Bertz CT molecular complexity index is 418. The van der Waals surface area contributed by atoms with Crippen LogP contribution in [0.2, 0.25) is 5.02 Å². The Morgan fingerprint density at radius 3 is 2.40 bits per heavy atom. The minimum Gasteiger partial charge on any atom is -0.392 e. The molecule has 1 unspecified atom stereocenters. The summed E-state index contributed by atoms with van der Waals surface area (Å²) in [7, 11) is 0. The molecule has 1 fully saturated rings. The Hall–Kier alpha value is -0.570. The summed E-state index contributed by atoms with van der Waals surface area (Å²) < 4.78 is 0. The van der Waals surface area contributed by atoms with Crippen molar-refractivity contribution in [2.75, 3.05) is 6.54 Å². The molecule has 0 bridgehead atoms. The summed E-state index contributed by atoms with van der Waals surface area (Å²) in [6.45, 7) is 7.19. The first-order chi connectivity index (χ1) is 9.33. The molecule has 2 N–H and O–H groups in total. The van der Waals surface area contributed by atoms with Crippen LogP contribution >= 0.6 is 11.6 Å². The number of aliphatic hydroxyl groups excluding tert-OH is 1. The van der Waals surface area contributed by atoms with Gasteiger partial charge in [-0.25, -0.2) is 0 Å². The number of halogens is 1. The van der Waals surface area contributed by atoms with E-state index >= 15 is 0 Å². The number of benzene rings is 1. The van der Waals surface area contributed by atoms with Crippen LogP contribution in [0.15, 0.2) is 24.3 Å². The predicted octanol–water partition coefficient (Wildman–Crippen LogP) is 3.97. The van der Waals surface area contributed by atoms with Gasteiger partial charge in [-0.05, 0) is 48.3 Å². The molecule has 3 heteroatoms. The smallest absolute Gasteiger partial charge is 0.0669 e. The lowest BCUT2D eigenvalue weighted by molar-refractivity contribution is 0.110. The fourth-order valence-corrected chi connectivity index (χ4v) is 3.00. The van der Waals surface area contributed by atoms with Crippen molar-refractivity contribution in [3.8, 4) is 0 Å². The minimum absolute atomic E-state index is 0.187. The highest BCUT2D eigenvalue weighted by atomic mass is 35.5. The maximum absolute atomic E-state index is 9.99. The average Bonchev–Trinajstić information content (AvgIpc) is 2.27. The van der Waals surface area contributed by atoms with Gasteiger partial charge in [-0.1, -0.05) is 44.5 Å². The second-order valence-corrected chi connectivity index (χ2v) is 7.68. The highest BCUT2D eigenvalue weighted by molar-refractivity contribution is 6.30. The Balaban J connectivity index is 1.68. The van der Waals surface area contributed by atoms with Gasteiger partial charge < -0.3 is 10.4 Å². The standard InChI is InChI=1S/C17H26ClNO/c1-17(2,3)10-16(20)11-19-15-8-13(9-15)12-4-6-14(18)7-5-12/h4-7,13,15-16,19-20H,8-11H2,1-3H3. The van der Waals surface area contributed by atoms with E-state index in [4.69, 9.17) is 11.6 Å². The maximum Gasteiger partial charge on any atom is 0.0669 e. The fourth-order valence-electron chi connectivity index (χ4n) is 2.87. The molecule has 2 nitrogen and oxygen atoms in total. The minimum atomic E-state index is -0.246. The second-order valence-electron chi connectivity index (χ2n) is 7.24. The first kappa shape index (κ1) is 15.8. The first-order valence-corrected chi connectivity index (χ1v) is 7.88. The van der Waals surface area contributed by atoms with Gasteiger partial charge in [0.1, 0.15) is 0 Å². The molecule has 20 heavy (non-hydrogen) atoms. The molecule has 0 saturated heterocycles. The van der Waals surface area contributed by atoms with Crippen molar-refractivity contribution in [1.29, 1.82) is 0 Å². The van der Waals surface area contributed by atoms with E-state index in [1.807, 2.05) is 12.1 Å². The molecule has 2 rings (SSSR count). The van der Waals surface area contributed by atoms with Crippen LogP contribution in [0.5, 0.6) is 0 Å². The number of nitrogens with one attached hydrogen (secondary N) is 1. The average molecular weight is 296 g/mol. The first-order valence-electron chi connectivity index (χ1n) is 7.50. The molecule has 0 aliphatic heterocycles. The number of hydrogen-bond donors (Lipinski definition) is 2. The lowest BCUT2D eigenvalue weighted by atomic mass is 9.76. The molecular weight excluding hydrogens is 270 g/mol. The van der Waals surface area contributed by atoms with Crippen LogP contribution < -0.4 is 5.32 Å². The highest BCUT2D eigenvalue weighted by Gasteiger charge is 2.30. The fraction of sp³-hybridized carbons (Fsp3) is 0.647. The van der Waals surface area contributed by atoms with Crippen molar-refractivity contribution < 1.29 is 5.11 Å². The zero-order chi connectivity index (χ0) is 14.8. The topological polar surface area (TPSA) is 32.3 Å². The lowest BCUT2D eigenvalue weighted by Crippen LogP contribution is -2.43. The van der Waals surface area contributed by atoms with E-state index in [9.17, 15) is 5.11 Å². The van der Waals surface area contributed by atoms with E-state index in [2.05, 4.69) is 38.2 Å². The summed E-state index contributed by atoms with van der Waals surface area (Å²) in [5.74, 6) is 0.643. The third-order valence-corrected chi connectivity index (χ3v) is 4.22. The zero-order valence-electron chi connectivity index (χ0n) is 12.7. The molecule has 1 aliphatic carbocycles. The summed E-state index contributed by atoms with van der Waals surface area (Å²) in [6.07, 6.45) is 2.91. The van der Waals surface area contributed by atoms with E-state index in [1.54, 1.807) is 0 Å². The van der Waals surface area contributed by atoms with Crippen LogP contribution in [-0.2, 0) is 0 Å². The van der Waals surface area contributed by atoms with E-state index in [1.165, 1.54) is 5.56 Å². The predicted molar refractivity (Wildman–Crippen MR) is 85.3 cm³/mol. The summed E-state index contributed by atoms with van der Waals surface area (Å²) >= 11 is 5.90. The van der Waals surface area contributed by atoms with Crippen LogP contribution in [0.25, 0.3) is 0 Å². The van der Waals surface area contributed by atoms with Crippen molar-refractivity contribution in [1.82, 2.24) is 5.32 Å². The van der Waals surface area contributed by atoms with Crippen molar-refractivity contribution in [3.05, 3.63) is 34.9 Å². The van der Waals surface area contributed by atoms with E-state index in [0.29, 0.717) is 18.5 Å². The third-order valence-electron chi connectivity index (χ3n) is 3.97. The summed E-state index contributed by atoms with van der Waals surface area (Å²) in [5.41, 5.74) is 1.56. The molecule has 112 valence electrons. The van der Waals surface area contributed by atoms with E-state index in [-0.39, 0.29) is 11.5 Å². The van der Waals surface area contributed by atoms with Gasteiger partial charge >= 0.3 is 0 Å². The largest absolute Gasteiger partial charge is 0.392 e. The summed E-state index contributed by atoms with van der Waals surface area (Å²) in [6, 6.07) is 8.72. The third kappa shape index (κ3) is 4.76. The molecule has 1 aromatic carbocycles. The molecule has 0 amide bonds. The molecular formula is C17H26ClNO. The normalized spacial score (nSPS) is 24.2. The van der Waals surface area contributed by atoms with Crippen LogP contribution in [0.1, 0.15) is 51.5 Å². The summed E-state index contributed by atoms with van der Waals surface area (Å²) in [4.78, 5) is 0. The van der Waals surface area contributed by atoms with Gasteiger partial charge in [-0.3, -0.25) is 0 Å². The number of rotatable bonds is 5. The van der Waals surface area contributed by atoms with Gasteiger partial charge in [-0.15, -0.1) is 0 Å². The van der Waals surface area contributed by atoms with Crippen molar-refractivity contribution >= 4 is 11.6 Å². The lowest BCUT2D eigenvalue weighted by Gasteiger charge is -2.37. The van der Waals surface area contributed by atoms with Gasteiger partial charge in [0.05, 0.1) is 6.10 Å². The van der Waals surface area contributed by atoms with Crippen molar-refractivity contribution in [2.45, 2.75) is 58.1 Å². The van der Waals surface area contributed by atoms with Crippen LogP contribution in [0.3, 0.4) is 0 Å². The quantitative estimate of drug-likeness (QED) is 0.861. The molecule has 0 radical (unpaired) electrons. The van der Waals surface area contributed by atoms with Gasteiger partial charge in [0.2, 0.25) is 0 Å². The molecule has 1 saturated carbocycles. The summed E-state index contributed by atoms with van der Waals surface area (Å²) in [5, 5.41) is 14.3. The molecule has 1 atom stereocenters. The van der Waals surface area contributed by atoms with Gasteiger partial charge in [0, 0.05) is 17.6 Å². The van der Waals surface area contributed by atoms with Crippen LogP contribution in [0.4, 0.5) is 0 Å².